The molecule has 5 rings (SSSR count). The highest BCUT2D eigenvalue weighted by molar-refractivity contribution is 6.34. The van der Waals surface area contributed by atoms with Crippen LogP contribution in [-0.4, -0.2) is 75.8 Å². The highest BCUT2D eigenvalue weighted by atomic mass is 35.5. The Kier molecular flexibility index (Phi) is 8.09. The van der Waals surface area contributed by atoms with Crippen molar-refractivity contribution in [2.45, 2.75) is 52.1 Å². The smallest absolute Gasteiger partial charge is 0.410 e. The number of carbonyl (C=O) groups excluding carboxylic acids is 1. The minimum atomic E-state index is -0.436. The van der Waals surface area contributed by atoms with E-state index in [1.807, 2.05) is 43.9 Å². The molecule has 2 fully saturated rings. The van der Waals surface area contributed by atoms with Crippen LogP contribution in [0.1, 0.15) is 46.5 Å². The molecule has 1 N–H and O–H groups in total. The normalized spacial score (nSPS) is 18.2. The van der Waals surface area contributed by atoms with Crippen LogP contribution >= 0.6 is 11.6 Å². The lowest BCUT2D eigenvalue weighted by Gasteiger charge is -2.38. The van der Waals surface area contributed by atoms with E-state index in [-0.39, 0.29) is 6.09 Å². The maximum absolute atomic E-state index is 12.3. The second kappa shape index (κ2) is 11.5. The molecule has 0 saturated carbocycles. The zero-order valence-corrected chi connectivity index (χ0v) is 23.3. The molecule has 0 aliphatic carbocycles. The van der Waals surface area contributed by atoms with E-state index in [1.54, 1.807) is 0 Å². The summed E-state index contributed by atoms with van der Waals surface area (Å²) in [5.41, 5.74) is 2.31. The molecule has 2 saturated heterocycles. The second-order valence-electron chi connectivity index (χ2n) is 11.6. The monoisotopic (exact) mass is 539 g/mol. The molecule has 1 aromatic carbocycles. The van der Waals surface area contributed by atoms with Crippen LogP contribution in [0.4, 0.5) is 4.79 Å². The number of ether oxygens (including phenoxy) is 2. The molecule has 0 radical (unpaired) electrons. The van der Waals surface area contributed by atoms with Gasteiger partial charge in [0, 0.05) is 25.3 Å². The van der Waals surface area contributed by atoms with Gasteiger partial charge < -0.3 is 24.3 Å². The number of halogens is 1. The van der Waals surface area contributed by atoms with Gasteiger partial charge in [-0.1, -0.05) is 11.6 Å². The third kappa shape index (κ3) is 6.77. The SMILES string of the molecule is CC(C)(C)OC(=O)N1CCC(CN2CCC(COc3ccc(-c4cc5c(Cl)ncnc5[nH]4)cc3)CC2)CC1. The molecule has 3 aromatic rings. The Morgan fingerprint density at radius 2 is 1.71 bits per heavy atom. The van der Waals surface area contributed by atoms with E-state index < -0.39 is 5.60 Å². The molecule has 9 heteroatoms. The largest absolute Gasteiger partial charge is 0.493 e. The Balaban J connectivity index is 1.02. The summed E-state index contributed by atoms with van der Waals surface area (Å²) in [5, 5.41) is 1.27. The molecular formula is C29H38ClN5O3. The van der Waals surface area contributed by atoms with Crippen LogP contribution in [0.15, 0.2) is 36.7 Å². The Morgan fingerprint density at radius 1 is 1.03 bits per heavy atom. The molecule has 2 aliphatic heterocycles. The average molecular weight is 540 g/mol. The van der Waals surface area contributed by atoms with Gasteiger partial charge in [-0.2, -0.15) is 0 Å². The van der Waals surface area contributed by atoms with Crippen LogP contribution in [0.25, 0.3) is 22.3 Å². The van der Waals surface area contributed by atoms with Crippen LogP contribution in [0.5, 0.6) is 5.75 Å². The van der Waals surface area contributed by atoms with Gasteiger partial charge >= 0.3 is 6.09 Å². The van der Waals surface area contributed by atoms with Crippen molar-refractivity contribution in [1.29, 1.82) is 0 Å². The van der Waals surface area contributed by atoms with Gasteiger partial charge in [-0.25, -0.2) is 14.8 Å². The van der Waals surface area contributed by atoms with Crippen molar-refractivity contribution >= 4 is 28.7 Å². The van der Waals surface area contributed by atoms with Crippen molar-refractivity contribution in [2.75, 3.05) is 39.3 Å². The lowest BCUT2D eigenvalue weighted by Crippen LogP contribution is -2.45. The standard InChI is InChI=1S/C29H38ClN5O3/c1-29(2,3)38-28(36)35-14-10-20(11-15-35)17-34-12-8-21(9-13-34)18-37-23-6-4-22(5-7-23)25-16-24-26(30)31-19-32-27(24)33-25/h4-7,16,19-21H,8-15,17-18H2,1-3H3,(H,31,32,33). The van der Waals surface area contributed by atoms with Gasteiger partial charge in [0.25, 0.3) is 0 Å². The number of hydrogen-bond donors (Lipinski definition) is 1. The third-order valence-electron chi connectivity index (χ3n) is 7.52. The molecular weight excluding hydrogens is 502 g/mol. The second-order valence-corrected chi connectivity index (χ2v) is 12.0. The Labute approximate surface area is 229 Å². The fraction of sp³-hybridized carbons (Fsp3) is 0.552. The van der Waals surface area contributed by atoms with Crippen LogP contribution in [-0.2, 0) is 4.74 Å². The number of aromatic nitrogens is 3. The Bertz CT molecular complexity index is 1220. The summed E-state index contributed by atoms with van der Waals surface area (Å²) in [6, 6.07) is 10.1. The van der Waals surface area contributed by atoms with E-state index in [1.165, 1.54) is 6.33 Å². The summed E-state index contributed by atoms with van der Waals surface area (Å²) in [7, 11) is 0. The van der Waals surface area contributed by atoms with Gasteiger partial charge in [0.05, 0.1) is 12.0 Å². The van der Waals surface area contributed by atoms with Crippen molar-refractivity contribution in [2.24, 2.45) is 11.8 Å². The molecule has 0 bridgehead atoms. The molecule has 4 heterocycles. The zero-order chi connectivity index (χ0) is 26.7. The molecule has 2 aromatic heterocycles. The van der Waals surface area contributed by atoms with Gasteiger partial charge in [-0.15, -0.1) is 0 Å². The van der Waals surface area contributed by atoms with Gasteiger partial charge in [0.2, 0.25) is 0 Å². The summed E-state index contributed by atoms with van der Waals surface area (Å²) in [4.78, 5) is 28.4. The first-order valence-corrected chi connectivity index (χ1v) is 14.0. The molecule has 8 nitrogen and oxygen atoms in total. The van der Waals surface area contributed by atoms with Gasteiger partial charge in [-0.3, -0.25) is 0 Å². The number of rotatable bonds is 6. The van der Waals surface area contributed by atoms with E-state index in [4.69, 9.17) is 21.1 Å². The fourth-order valence-corrected chi connectivity index (χ4v) is 5.52. The van der Waals surface area contributed by atoms with Crippen molar-refractivity contribution in [3.63, 3.8) is 0 Å². The minimum Gasteiger partial charge on any atom is -0.493 e. The molecule has 38 heavy (non-hydrogen) atoms. The van der Waals surface area contributed by atoms with Gasteiger partial charge in [0.1, 0.15) is 28.5 Å². The molecule has 0 spiro atoms. The molecule has 2 aliphatic rings. The topological polar surface area (TPSA) is 83.6 Å². The molecule has 0 unspecified atom stereocenters. The van der Waals surface area contributed by atoms with E-state index in [0.717, 1.165) is 93.1 Å². The summed E-state index contributed by atoms with van der Waals surface area (Å²) in [6.07, 6.45) is 5.71. The van der Waals surface area contributed by atoms with E-state index in [2.05, 4.69) is 32.0 Å². The molecule has 0 atom stereocenters. The van der Waals surface area contributed by atoms with E-state index in [9.17, 15) is 4.79 Å². The fourth-order valence-electron chi connectivity index (χ4n) is 5.34. The van der Waals surface area contributed by atoms with Crippen LogP contribution < -0.4 is 4.74 Å². The number of H-pyrrole nitrogens is 1. The summed E-state index contributed by atoms with van der Waals surface area (Å²) in [5.74, 6) is 2.12. The van der Waals surface area contributed by atoms with Gasteiger partial charge in [-0.05, 0) is 107 Å². The van der Waals surface area contributed by atoms with E-state index >= 15 is 0 Å². The van der Waals surface area contributed by atoms with Gasteiger partial charge in [0.15, 0.2) is 0 Å². The number of hydrogen-bond acceptors (Lipinski definition) is 6. The van der Waals surface area contributed by atoms with E-state index in [0.29, 0.717) is 17.0 Å². The quantitative estimate of drug-likeness (QED) is 0.386. The number of carbonyl (C=O) groups is 1. The van der Waals surface area contributed by atoms with Crippen molar-refractivity contribution in [3.05, 3.63) is 41.8 Å². The first kappa shape index (κ1) is 26.8. The number of fused-ring (bicyclic) bond motifs is 1. The van der Waals surface area contributed by atoms with Crippen LogP contribution in [0.2, 0.25) is 5.15 Å². The maximum Gasteiger partial charge on any atom is 0.410 e. The predicted molar refractivity (Wildman–Crippen MR) is 150 cm³/mol. The number of likely N-dealkylation sites (tertiary alicyclic amines) is 2. The number of nitrogens with one attached hydrogen (secondary N) is 1. The Morgan fingerprint density at radius 3 is 2.37 bits per heavy atom. The summed E-state index contributed by atoms with van der Waals surface area (Å²) in [6.45, 7) is 11.5. The summed E-state index contributed by atoms with van der Waals surface area (Å²) >= 11 is 6.18. The van der Waals surface area contributed by atoms with Crippen molar-refractivity contribution in [1.82, 2.24) is 24.8 Å². The van der Waals surface area contributed by atoms with Crippen molar-refractivity contribution < 1.29 is 14.3 Å². The number of piperidine rings is 2. The zero-order valence-electron chi connectivity index (χ0n) is 22.6. The lowest BCUT2D eigenvalue weighted by atomic mass is 9.93. The highest BCUT2D eigenvalue weighted by Crippen LogP contribution is 2.29. The summed E-state index contributed by atoms with van der Waals surface area (Å²) < 4.78 is 11.7. The number of amides is 1. The lowest BCUT2D eigenvalue weighted by molar-refractivity contribution is 0.0162. The highest BCUT2D eigenvalue weighted by Gasteiger charge is 2.29. The van der Waals surface area contributed by atoms with Crippen molar-refractivity contribution in [3.8, 4) is 17.0 Å². The maximum atomic E-state index is 12.3. The first-order chi connectivity index (χ1) is 18.2. The minimum absolute atomic E-state index is 0.177. The number of nitrogens with zero attached hydrogens (tertiary/aromatic N) is 4. The average Bonchev–Trinajstić information content (AvgIpc) is 3.34. The van der Waals surface area contributed by atoms with Crippen LogP contribution in [0.3, 0.4) is 0 Å². The number of aromatic amines is 1. The number of benzene rings is 1. The Hall–Kier alpha value is -2.84. The predicted octanol–water partition coefficient (Wildman–Crippen LogP) is 6.02. The molecule has 1 amide bonds. The third-order valence-corrected chi connectivity index (χ3v) is 7.82. The molecule has 204 valence electrons. The first-order valence-electron chi connectivity index (χ1n) is 13.7. The van der Waals surface area contributed by atoms with Crippen LogP contribution in [0, 0.1) is 11.8 Å².